The van der Waals surface area contributed by atoms with Crippen LogP contribution < -0.4 is 15.4 Å². The molecule has 2 aromatic heterocycles. The summed E-state index contributed by atoms with van der Waals surface area (Å²) >= 11 is 1.38. The molecule has 1 atom stereocenters. The monoisotopic (exact) mass is 447 g/mol. The first-order valence-electron chi connectivity index (χ1n) is 10.4. The summed E-state index contributed by atoms with van der Waals surface area (Å²) in [6.07, 6.45) is 3.66. The lowest BCUT2D eigenvalue weighted by Gasteiger charge is -2.17. The van der Waals surface area contributed by atoms with Gasteiger partial charge in [-0.1, -0.05) is 47.7 Å². The van der Waals surface area contributed by atoms with Crippen LogP contribution in [0.3, 0.4) is 0 Å². The van der Waals surface area contributed by atoms with Gasteiger partial charge in [0.15, 0.2) is 0 Å². The molecular formula is C23H21N5O3S. The summed E-state index contributed by atoms with van der Waals surface area (Å²) in [5.74, 6) is 0.479. The first-order valence-corrected chi connectivity index (χ1v) is 11.2. The highest BCUT2D eigenvalue weighted by molar-refractivity contribution is 7.15. The van der Waals surface area contributed by atoms with Gasteiger partial charge in [-0.25, -0.2) is 4.79 Å². The normalized spacial score (nSPS) is 14.1. The van der Waals surface area contributed by atoms with E-state index in [4.69, 9.17) is 4.74 Å². The van der Waals surface area contributed by atoms with Gasteiger partial charge in [-0.15, -0.1) is 10.2 Å². The van der Waals surface area contributed by atoms with Crippen LogP contribution in [0.15, 0.2) is 60.8 Å². The molecule has 8 nitrogen and oxygen atoms in total. The maximum absolute atomic E-state index is 13.1. The zero-order valence-corrected chi connectivity index (χ0v) is 17.9. The van der Waals surface area contributed by atoms with Gasteiger partial charge < -0.3 is 15.0 Å². The number of carbonyl (C=O) groups excluding carboxylic acids is 2. The maximum atomic E-state index is 13.1. The molecule has 0 spiro atoms. The lowest BCUT2D eigenvalue weighted by atomic mass is 10.0. The molecule has 0 bridgehead atoms. The number of aromatic amines is 1. The van der Waals surface area contributed by atoms with E-state index in [1.165, 1.54) is 11.3 Å². The number of amides is 2. The smallest absolute Gasteiger partial charge is 0.410 e. The molecule has 1 aliphatic rings. The Morgan fingerprint density at radius 1 is 1.09 bits per heavy atom. The van der Waals surface area contributed by atoms with Crippen LogP contribution in [-0.4, -0.2) is 33.2 Å². The van der Waals surface area contributed by atoms with Crippen molar-refractivity contribution in [3.05, 3.63) is 71.4 Å². The Morgan fingerprint density at radius 3 is 2.69 bits per heavy atom. The second-order valence-electron chi connectivity index (χ2n) is 7.67. The van der Waals surface area contributed by atoms with Crippen molar-refractivity contribution in [1.29, 1.82) is 0 Å². The van der Waals surface area contributed by atoms with E-state index in [2.05, 4.69) is 25.8 Å². The van der Waals surface area contributed by atoms with Gasteiger partial charge in [0.2, 0.25) is 11.0 Å². The summed E-state index contributed by atoms with van der Waals surface area (Å²) < 4.78 is 5.33. The lowest BCUT2D eigenvalue weighted by molar-refractivity contribution is -0.118. The fourth-order valence-corrected chi connectivity index (χ4v) is 4.39. The second-order valence-corrected chi connectivity index (χ2v) is 8.68. The van der Waals surface area contributed by atoms with Gasteiger partial charge in [0, 0.05) is 29.4 Å². The van der Waals surface area contributed by atoms with Gasteiger partial charge in [0.1, 0.15) is 16.8 Å². The number of nitrogens with one attached hydrogen (secondary N) is 3. The molecule has 2 aromatic carbocycles. The summed E-state index contributed by atoms with van der Waals surface area (Å²) in [5, 5.41) is 16.1. The van der Waals surface area contributed by atoms with Crippen LogP contribution in [-0.2, 0) is 11.2 Å². The third-order valence-corrected chi connectivity index (χ3v) is 6.26. The van der Waals surface area contributed by atoms with Crippen LogP contribution >= 0.6 is 11.3 Å². The number of hydrogen-bond donors (Lipinski definition) is 3. The number of para-hydroxylation sites is 2. The Hall–Kier alpha value is -3.72. The Morgan fingerprint density at radius 2 is 1.88 bits per heavy atom. The molecule has 162 valence electrons. The molecule has 1 saturated carbocycles. The maximum Gasteiger partial charge on any atom is 0.413 e. The minimum absolute atomic E-state index is 0.286. The second kappa shape index (κ2) is 8.80. The standard InChI is InChI=1S/C23H21N5O3S/c29-20(26-22-28-27-21(32-22)14-10-11-14)19(25-23(30)31-16-6-2-1-3-7-16)12-15-13-24-18-9-5-4-8-17(15)18/h1-9,13-14,19,24H,10-12H2,(H,25,30)(H,26,28,29)/t19-/m1/s1. The number of ether oxygens (including phenoxy) is 1. The van der Waals surface area contributed by atoms with Crippen molar-refractivity contribution in [2.45, 2.75) is 31.2 Å². The minimum atomic E-state index is -0.862. The number of benzene rings is 2. The Balaban J connectivity index is 1.34. The van der Waals surface area contributed by atoms with E-state index in [-0.39, 0.29) is 12.3 Å². The summed E-state index contributed by atoms with van der Waals surface area (Å²) in [6, 6.07) is 15.7. The molecule has 0 saturated heterocycles. The molecule has 2 amide bonds. The molecule has 9 heteroatoms. The SMILES string of the molecule is O=C(N[C@H](Cc1c[nH]c2ccccc12)C(=O)Nc1nnc(C2CC2)s1)Oc1ccccc1. The van der Waals surface area contributed by atoms with Gasteiger partial charge in [0.05, 0.1) is 0 Å². The van der Waals surface area contributed by atoms with Gasteiger partial charge in [-0.2, -0.15) is 0 Å². The van der Waals surface area contributed by atoms with E-state index in [0.717, 1.165) is 34.3 Å². The zero-order valence-electron chi connectivity index (χ0n) is 17.1. The number of nitrogens with zero attached hydrogens (tertiary/aromatic N) is 2. The van der Waals surface area contributed by atoms with Crippen LogP contribution in [0.5, 0.6) is 5.75 Å². The first kappa shape index (κ1) is 20.2. The average molecular weight is 448 g/mol. The highest BCUT2D eigenvalue weighted by Gasteiger charge is 2.29. The topological polar surface area (TPSA) is 109 Å². The van der Waals surface area contributed by atoms with E-state index in [9.17, 15) is 9.59 Å². The van der Waals surface area contributed by atoms with Crippen LogP contribution in [0.1, 0.15) is 29.3 Å². The van der Waals surface area contributed by atoms with Crippen molar-refractivity contribution in [3.63, 3.8) is 0 Å². The van der Waals surface area contributed by atoms with Crippen molar-refractivity contribution in [1.82, 2.24) is 20.5 Å². The number of anilines is 1. The van der Waals surface area contributed by atoms with Crippen molar-refractivity contribution in [3.8, 4) is 5.75 Å². The predicted molar refractivity (Wildman–Crippen MR) is 122 cm³/mol. The predicted octanol–water partition coefficient (Wildman–Crippen LogP) is 4.24. The molecular weight excluding hydrogens is 426 g/mol. The van der Waals surface area contributed by atoms with Crippen LogP contribution in [0, 0.1) is 0 Å². The zero-order chi connectivity index (χ0) is 21.9. The summed E-state index contributed by atoms with van der Waals surface area (Å²) in [5.41, 5.74) is 1.88. The van der Waals surface area contributed by atoms with E-state index in [1.807, 2.05) is 36.5 Å². The molecule has 2 heterocycles. The van der Waals surface area contributed by atoms with E-state index in [0.29, 0.717) is 16.8 Å². The highest BCUT2D eigenvalue weighted by atomic mass is 32.1. The van der Waals surface area contributed by atoms with Crippen LogP contribution in [0.25, 0.3) is 10.9 Å². The third kappa shape index (κ3) is 4.62. The van der Waals surface area contributed by atoms with Crippen LogP contribution in [0.2, 0.25) is 0 Å². The molecule has 0 aliphatic heterocycles. The van der Waals surface area contributed by atoms with Gasteiger partial charge in [0.25, 0.3) is 0 Å². The summed E-state index contributed by atoms with van der Waals surface area (Å²) in [6.45, 7) is 0. The molecule has 1 fully saturated rings. The van der Waals surface area contributed by atoms with Gasteiger partial charge in [-0.05, 0) is 36.6 Å². The van der Waals surface area contributed by atoms with Crippen molar-refractivity contribution in [2.75, 3.05) is 5.32 Å². The highest BCUT2D eigenvalue weighted by Crippen LogP contribution is 2.42. The van der Waals surface area contributed by atoms with Crippen LogP contribution in [0.4, 0.5) is 9.93 Å². The average Bonchev–Trinajstić information content (AvgIpc) is 3.42. The largest absolute Gasteiger partial charge is 0.413 e. The number of hydrogen-bond acceptors (Lipinski definition) is 6. The molecule has 0 radical (unpaired) electrons. The molecule has 1 aliphatic carbocycles. The molecule has 0 unspecified atom stereocenters. The fourth-order valence-electron chi connectivity index (χ4n) is 3.47. The van der Waals surface area contributed by atoms with E-state index >= 15 is 0 Å². The number of H-pyrrole nitrogens is 1. The number of carbonyl (C=O) groups is 2. The Kier molecular flexibility index (Phi) is 5.55. The number of aromatic nitrogens is 3. The van der Waals surface area contributed by atoms with Gasteiger partial charge in [-0.3, -0.25) is 10.1 Å². The third-order valence-electron chi connectivity index (χ3n) is 5.26. The first-order chi connectivity index (χ1) is 15.7. The number of fused-ring (bicyclic) bond motifs is 1. The quantitative estimate of drug-likeness (QED) is 0.393. The van der Waals surface area contributed by atoms with Crippen molar-refractivity contribution >= 4 is 39.4 Å². The fraction of sp³-hybridized carbons (Fsp3) is 0.217. The molecule has 32 heavy (non-hydrogen) atoms. The van der Waals surface area contributed by atoms with Crippen molar-refractivity contribution in [2.24, 2.45) is 0 Å². The molecule has 5 rings (SSSR count). The summed E-state index contributed by atoms with van der Waals surface area (Å²) in [4.78, 5) is 28.8. The molecule has 3 N–H and O–H groups in total. The van der Waals surface area contributed by atoms with E-state index in [1.54, 1.807) is 24.3 Å². The van der Waals surface area contributed by atoms with Gasteiger partial charge >= 0.3 is 6.09 Å². The van der Waals surface area contributed by atoms with Crippen molar-refractivity contribution < 1.29 is 14.3 Å². The minimum Gasteiger partial charge on any atom is -0.410 e. The van der Waals surface area contributed by atoms with E-state index < -0.39 is 12.1 Å². The lowest BCUT2D eigenvalue weighted by Crippen LogP contribution is -2.46. The summed E-state index contributed by atoms with van der Waals surface area (Å²) in [7, 11) is 0. The Labute approximate surface area is 188 Å². The number of rotatable bonds is 7. The molecule has 4 aromatic rings. The Bertz CT molecular complexity index is 1250.